The average Bonchev–Trinajstić information content (AvgIpc) is 2.99. The lowest BCUT2D eigenvalue weighted by atomic mass is 10.0. The van der Waals surface area contributed by atoms with Crippen molar-refractivity contribution in [2.24, 2.45) is 0 Å². The number of nitrogens with one attached hydrogen (secondary N) is 1. The van der Waals surface area contributed by atoms with Gasteiger partial charge in [-0.1, -0.05) is 96.1 Å². The molecular weight excluding hydrogens is 558 g/mol. The van der Waals surface area contributed by atoms with Crippen molar-refractivity contribution < 1.29 is 18.0 Å². The number of rotatable bonds is 12. The summed E-state index contributed by atoms with van der Waals surface area (Å²) in [7, 11) is -4.13. The summed E-state index contributed by atoms with van der Waals surface area (Å²) in [6.07, 6.45) is 0.277. The summed E-state index contributed by atoms with van der Waals surface area (Å²) < 4.78 is 29.4. The number of sulfonamides is 1. The first kappa shape index (κ1) is 31.5. The van der Waals surface area contributed by atoms with Crippen LogP contribution in [0.15, 0.2) is 108 Å². The number of benzene rings is 4. The molecular formula is C35H39N3O4S. The largest absolute Gasteiger partial charge is 0.355 e. The molecule has 0 spiro atoms. The summed E-state index contributed by atoms with van der Waals surface area (Å²) in [5.74, 6) is -0.774. The molecule has 0 bridgehead atoms. The highest BCUT2D eigenvalue weighted by molar-refractivity contribution is 7.92. The van der Waals surface area contributed by atoms with Gasteiger partial charge in [-0.2, -0.15) is 0 Å². The summed E-state index contributed by atoms with van der Waals surface area (Å²) in [5, 5.41) is 2.89. The fraction of sp³-hybridized carbons (Fsp3) is 0.257. The number of hydrogen-bond acceptors (Lipinski definition) is 4. The van der Waals surface area contributed by atoms with Gasteiger partial charge >= 0.3 is 0 Å². The van der Waals surface area contributed by atoms with Crippen molar-refractivity contribution in [1.29, 1.82) is 0 Å². The molecule has 8 heteroatoms. The second-order valence-electron chi connectivity index (χ2n) is 10.7. The third-order valence-corrected chi connectivity index (χ3v) is 9.10. The van der Waals surface area contributed by atoms with Gasteiger partial charge in [0, 0.05) is 19.5 Å². The second-order valence-corrected chi connectivity index (χ2v) is 12.6. The molecule has 0 aliphatic carbocycles. The predicted octanol–water partition coefficient (Wildman–Crippen LogP) is 5.58. The molecule has 4 aromatic carbocycles. The number of carbonyl (C=O) groups is 2. The number of para-hydroxylation sites is 1. The first-order chi connectivity index (χ1) is 20.6. The molecule has 224 valence electrons. The Morgan fingerprint density at radius 3 is 2.07 bits per heavy atom. The standard InChI is InChI=1S/C35H39N3O4S/c1-5-36-35(40)33(23-29-14-7-6-8-15-29)37(24-30-16-11-12-27(3)22-30)34(39)25-38(32-17-10-9-13-28(32)4)43(41,42)31-20-18-26(2)19-21-31/h6-22,33H,5,23-25H2,1-4H3,(H,36,40). The first-order valence-electron chi connectivity index (χ1n) is 14.4. The molecule has 7 nitrogen and oxygen atoms in total. The van der Waals surface area contributed by atoms with Crippen LogP contribution in [0.3, 0.4) is 0 Å². The highest BCUT2D eigenvalue weighted by atomic mass is 32.2. The molecule has 0 aliphatic rings. The summed E-state index contributed by atoms with van der Waals surface area (Å²) in [5.41, 5.74) is 4.80. The van der Waals surface area contributed by atoms with E-state index >= 15 is 0 Å². The number of likely N-dealkylation sites (N-methyl/N-ethyl adjacent to an activating group) is 1. The Morgan fingerprint density at radius 1 is 0.767 bits per heavy atom. The van der Waals surface area contributed by atoms with Crippen LogP contribution in [-0.2, 0) is 32.6 Å². The summed E-state index contributed by atoms with van der Waals surface area (Å²) in [6.45, 7) is 7.56. The van der Waals surface area contributed by atoms with Crippen LogP contribution in [0.5, 0.6) is 0 Å². The minimum atomic E-state index is -4.13. The van der Waals surface area contributed by atoms with Crippen LogP contribution < -0.4 is 9.62 Å². The Morgan fingerprint density at radius 2 is 1.42 bits per heavy atom. The molecule has 0 fully saturated rings. The van der Waals surface area contributed by atoms with Gasteiger partial charge in [0.05, 0.1) is 10.6 Å². The molecule has 43 heavy (non-hydrogen) atoms. The molecule has 0 saturated carbocycles. The number of carbonyl (C=O) groups excluding carboxylic acids is 2. The Balaban J connectivity index is 1.80. The van der Waals surface area contributed by atoms with Crippen LogP contribution in [0.2, 0.25) is 0 Å². The number of aryl methyl sites for hydroxylation is 3. The molecule has 0 saturated heterocycles. The molecule has 0 radical (unpaired) electrons. The van der Waals surface area contributed by atoms with Gasteiger partial charge in [-0.05, 0) is 62.6 Å². The Labute approximate surface area is 255 Å². The van der Waals surface area contributed by atoms with Crippen LogP contribution in [-0.4, -0.2) is 44.3 Å². The lowest BCUT2D eigenvalue weighted by Gasteiger charge is -2.34. The number of anilines is 1. The van der Waals surface area contributed by atoms with Crippen LogP contribution in [0, 0.1) is 20.8 Å². The van der Waals surface area contributed by atoms with E-state index in [2.05, 4.69) is 5.32 Å². The second kappa shape index (κ2) is 14.2. The predicted molar refractivity (Wildman–Crippen MR) is 171 cm³/mol. The van der Waals surface area contributed by atoms with Gasteiger partial charge in [-0.25, -0.2) is 8.42 Å². The summed E-state index contributed by atoms with van der Waals surface area (Å²) >= 11 is 0. The van der Waals surface area contributed by atoms with E-state index in [0.717, 1.165) is 26.6 Å². The maximum absolute atomic E-state index is 14.4. The smallest absolute Gasteiger partial charge is 0.264 e. The summed E-state index contributed by atoms with van der Waals surface area (Å²) in [6, 6.07) is 30.1. The number of amides is 2. The van der Waals surface area contributed by atoms with Crippen molar-refractivity contribution in [2.45, 2.75) is 51.6 Å². The van der Waals surface area contributed by atoms with Crippen LogP contribution in [0.4, 0.5) is 5.69 Å². The van der Waals surface area contributed by atoms with Crippen molar-refractivity contribution in [2.75, 3.05) is 17.4 Å². The third-order valence-electron chi connectivity index (χ3n) is 7.33. The zero-order chi connectivity index (χ0) is 31.0. The molecule has 4 rings (SSSR count). The fourth-order valence-electron chi connectivity index (χ4n) is 5.05. The maximum Gasteiger partial charge on any atom is 0.264 e. The van der Waals surface area contributed by atoms with E-state index in [0.29, 0.717) is 17.8 Å². The van der Waals surface area contributed by atoms with E-state index in [4.69, 9.17) is 0 Å². The summed E-state index contributed by atoms with van der Waals surface area (Å²) in [4.78, 5) is 29.6. The SMILES string of the molecule is CCNC(=O)C(Cc1ccccc1)N(Cc1cccc(C)c1)C(=O)CN(c1ccccc1C)S(=O)(=O)c1ccc(C)cc1. The quantitative estimate of drug-likeness (QED) is 0.231. The average molecular weight is 598 g/mol. The van der Waals surface area contributed by atoms with Gasteiger partial charge in [-0.3, -0.25) is 13.9 Å². The minimum absolute atomic E-state index is 0.0870. The molecule has 0 aliphatic heterocycles. The molecule has 0 heterocycles. The molecule has 1 atom stereocenters. The van der Waals surface area contributed by atoms with Crippen LogP contribution in [0.25, 0.3) is 0 Å². The molecule has 1 unspecified atom stereocenters. The Hall–Kier alpha value is -4.43. The van der Waals surface area contributed by atoms with Crippen molar-refractivity contribution in [3.8, 4) is 0 Å². The van der Waals surface area contributed by atoms with Gasteiger partial charge in [0.1, 0.15) is 12.6 Å². The van der Waals surface area contributed by atoms with Gasteiger partial charge < -0.3 is 10.2 Å². The molecule has 0 aromatic heterocycles. The fourth-order valence-corrected chi connectivity index (χ4v) is 6.53. The van der Waals surface area contributed by atoms with Crippen molar-refractivity contribution in [1.82, 2.24) is 10.2 Å². The van der Waals surface area contributed by atoms with E-state index in [1.54, 1.807) is 36.4 Å². The minimum Gasteiger partial charge on any atom is -0.355 e. The third kappa shape index (κ3) is 7.90. The Bertz CT molecular complexity index is 1650. The normalized spacial score (nSPS) is 11.9. The van der Waals surface area contributed by atoms with E-state index < -0.39 is 28.5 Å². The van der Waals surface area contributed by atoms with Gasteiger partial charge in [0.25, 0.3) is 10.0 Å². The van der Waals surface area contributed by atoms with Gasteiger partial charge in [0.2, 0.25) is 11.8 Å². The van der Waals surface area contributed by atoms with Crippen molar-refractivity contribution in [3.05, 3.63) is 131 Å². The first-order valence-corrected chi connectivity index (χ1v) is 15.9. The molecule has 2 amide bonds. The van der Waals surface area contributed by atoms with Crippen LogP contribution >= 0.6 is 0 Å². The van der Waals surface area contributed by atoms with Gasteiger partial charge in [-0.15, -0.1) is 0 Å². The van der Waals surface area contributed by atoms with E-state index in [9.17, 15) is 18.0 Å². The topological polar surface area (TPSA) is 86.8 Å². The number of nitrogens with zero attached hydrogens (tertiary/aromatic N) is 2. The monoisotopic (exact) mass is 597 g/mol. The highest BCUT2D eigenvalue weighted by Crippen LogP contribution is 2.28. The van der Waals surface area contributed by atoms with Crippen molar-refractivity contribution in [3.63, 3.8) is 0 Å². The van der Waals surface area contributed by atoms with E-state index in [1.807, 2.05) is 94.4 Å². The van der Waals surface area contributed by atoms with Crippen LogP contribution in [0.1, 0.15) is 34.7 Å². The molecule has 4 aromatic rings. The van der Waals surface area contributed by atoms with Crippen molar-refractivity contribution >= 4 is 27.5 Å². The lowest BCUT2D eigenvalue weighted by Crippen LogP contribution is -2.53. The van der Waals surface area contributed by atoms with E-state index in [-0.39, 0.29) is 23.8 Å². The lowest BCUT2D eigenvalue weighted by molar-refractivity contribution is -0.140. The maximum atomic E-state index is 14.4. The zero-order valence-corrected chi connectivity index (χ0v) is 26.0. The Kier molecular flexibility index (Phi) is 10.4. The van der Waals surface area contributed by atoms with E-state index in [1.165, 1.54) is 4.90 Å². The zero-order valence-electron chi connectivity index (χ0n) is 25.2. The number of hydrogen-bond donors (Lipinski definition) is 1. The highest BCUT2D eigenvalue weighted by Gasteiger charge is 2.34. The molecule has 1 N–H and O–H groups in total. The van der Waals surface area contributed by atoms with Gasteiger partial charge in [0.15, 0.2) is 0 Å².